The van der Waals surface area contributed by atoms with E-state index >= 15 is 0 Å². The lowest BCUT2D eigenvalue weighted by molar-refractivity contribution is -0.145. The zero-order chi connectivity index (χ0) is 23.4. The van der Waals surface area contributed by atoms with E-state index in [4.69, 9.17) is 43.0 Å². The molecule has 0 aliphatic carbocycles. The number of amides is 2. The molecule has 1 aromatic rings. The van der Waals surface area contributed by atoms with Crippen molar-refractivity contribution in [1.29, 1.82) is 0 Å². The highest BCUT2D eigenvalue weighted by Crippen LogP contribution is 2.23. The number of carbonyl (C=O) groups excluding carboxylic acids is 2. The molecule has 1 rings (SSSR count). The van der Waals surface area contributed by atoms with Gasteiger partial charge in [0.2, 0.25) is 5.91 Å². The van der Waals surface area contributed by atoms with Gasteiger partial charge in [0.05, 0.1) is 23.6 Å². The lowest BCUT2D eigenvalue weighted by Gasteiger charge is -2.30. The maximum atomic E-state index is 12.9. The number of hydrazine groups is 1. The van der Waals surface area contributed by atoms with Crippen LogP contribution in [0.3, 0.4) is 0 Å². The molecule has 0 radical (unpaired) electrons. The summed E-state index contributed by atoms with van der Waals surface area (Å²) in [6, 6.07) is 3.00. The summed E-state index contributed by atoms with van der Waals surface area (Å²) in [5.41, 5.74) is 2.37. The fourth-order valence-corrected chi connectivity index (χ4v) is 2.58. The SMILES string of the molecule is COCCC(=O)NN(C(=O)c1cc(Cl)ccc1Cl)[C@H](CC(C)C)C(=O)O.OB(O)O. The Balaban J connectivity index is 0.00000192. The van der Waals surface area contributed by atoms with Crippen molar-refractivity contribution in [2.75, 3.05) is 13.7 Å². The molecule has 2 amide bonds. The summed E-state index contributed by atoms with van der Waals surface area (Å²) in [6.45, 7) is 3.77. The molecule has 0 spiro atoms. The van der Waals surface area contributed by atoms with Crippen LogP contribution in [0, 0.1) is 5.92 Å². The minimum atomic E-state index is -2.17. The Morgan fingerprint density at radius 1 is 1.20 bits per heavy atom. The molecular formula is C17H25BCl2N2O8. The average Bonchev–Trinajstić information content (AvgIpc) is 2.63. The van der Waals surface area contributed by atoms with Gasteiger partial charge in [-0.2, -0.15) is 0 Å². The molecule has 0 aliphatic heterocycles. The topological polar surface area (TPSA) is 157 Å². The maximum absolute atomic E-state index is 12.9. The van der Waals surface area contributed by atoms with E-state index in [1.165, 1.54) is 25.3 Å². The van der Waals surface area contributed by atoms with Crippen molar-refractivity contribution in [3.8, 4) is 0 Å². The van der Waals surface area contributed by atoms with Gasteiger partial charge >= 0.3 is 13.3 Å². The number of hydrogen-bond donors (Lipinski definition) is 5. The number of halogens is 2. The molecule has 13 heteroatoms. The predicted molar refractivity (Wildman–Crippen MR) is 111 cm³/mol. The first-order chi connectivity index (χ1) is 13.9. The zero-order valence-corrected chi connectivity index (χ0v) is 18.2. The van der Waals surface area contributed by atoms with E-state index in [0.29, 0.717) is 0 Å². The summed E-state index contributed by atoms with van der Waals surface area (Å²) in [6.07, 6.45) is 0.112. The van der Waals surface area contributed by atoms with Crippen LogP contribution in [0.5, 0.6) is 0 Å². The van der Waals surface area contributed by atoms with E-state index in [1.807, 2.05) is 13.8 Å². The van der Waals surface area contributed by atoms with Gasteiger partial charge in [-0.05, 0) is 30.5 Å². The summed E-state index contributed by atoms with van der Waals surface area (Å²) < 4.78 is 4.83. The van der Waals surface area contributed by atoms with Crippen molar-refractivity contribution in [1.82, 2.24) is 10.4 Å². The second-order valence-electron chi connectivity index (χ2n) is 6.41. The van der Waals surface area contributed by atoms with Gasteiger partial charge in [0.1, 0.15) is 0 Å². The molecule has 10 nitrogen and oxygen atoms in total. The average molecular weight is 467 g/mol. The Bertz CT molecular complexity index is 718. The van der Waals surface area contributed by atoms with Crippen LogP contribution in [0.2, 0.25) is 10.0 Å². The third-order valence-corrected chi connectivity index (χ3v) is 4.01. The number of methoxy groups -OCH3 is 1. The summed E-state index contributed by atoms with van der Waals surface area (Å²) in [7, 11) is -0.735. The van der Waals surface area contributed by atoms with E-state index in [0.717, 1.165) is 5.01 Å². The third-order valence-electron chi connectivity index (χ3n) is 3.45. The first-order valence-electron chi connectivity index (χ1n) is 8.74. The molecular weight excluding hydrogens is 442 g/mol. The van der Waals surface area contributed by atoms with Crippen LogP contribution in [0.25, 0.3) is 0 Å². The van der Waals surface area contributed by atoms with Gasteiger partial charge in [-0.1, -0.05) is 37.0 Å². The van der Waals surface area contributed by atoms with Gasteiger partial charge in [0, 0.05) is 12.1 Å². The standard InChI is InChI=1S/C17H22Cl2N2O5.BH3O3/c1-10(2)8-14(17(24)25)21(20-15(22)6-7-26-3)16(23)12-9-11(18)4-5-13(12)19;2-1(3)4/h4-5,9-10,14H,6-8H2,1-3H3,(H,20,22)(H,24,25);2-4H/t14-;/m1./s1. The predicted octanol–water partition coefficient (Wildman–Crippen LogP) is 0.951. The van der Waals surface area contributed by atoms with Crippen molar-refractivity contribution in [3.63, 3.8) is 0 Å². The molecule has 0 fully saturated rings. The van der Waals surface area contributed by atoms with Gasteiger partial charge < -0.3 is 24.9 Å². The number of hydrogen-bond acceptors (Lipinski definition) is 7. The highest BCUT2D eigenvalue weighted by atomic mass is 35.5. The lowest BCUT2D eigenvalue weighted by Crippen LogP contribution is -2.55. The largest absolute Gasteiger partial charge is 0.631 e. The van der Waals surface area contributed by atoms with Crippen molar-refractivity contribution in [3.05, 3.63) is 33.8 Å². The van der Waals surface area contributed by atoms with Crippen molar-refractivity contribution in [2.45, 2.75) is 32.7 Å². The molecule has 5 N–H and O–H groups in total. The van der Waals surface area contributed by atoms with Crippen LogP contribution >= 0.6 is 23.2 Å². The summed E-state index contributed by atoms with van der Waals surface area (Å²) in [5, 5.41) is 32.2. The Morgan fingerprint density at radius 3 is 2.23 bits per heavy atom. The van der Waals surface area contributed by atoms with Crippen LogP contribution in [0.4, 0.5) is 0 Å². The second-order valence-corrected chi connectivity index (χ2v) is 7.25. The van der Waals surface area contributed by atoms with E-state index in [-0.39, 0.29) is 41.0 Å². The van der Waals surface area contributed by atoms with Gasteiger partial charge in [-0.15, -0.1) is 0 Å². The molecule has 0 heterocycles. The normalized spacial score (nSPS) is 11.2. The van der Waals surface area contributed by atoms with Crippen LogP contribution in [-0.4, -0.2) is 70.1 Å². The quantitative estimate of drug-likeness (QED) is 0.280. The summed E-state index contributed by atoms with van der Waals surface area (Å²) in [4.78, 5) is 36.7. The van der Waals surface area contributed by atoms with E-state index in [9.17, 15) is 19.5 Å². The first kappa shape index (κ1) is 28.1. The number of carboxylic acids is 1. The monoisotopic (exact) mass is 466 g/mol. The number of nitrogens with one attached hydrogen (secondary N) is 1. The minimum absolute atomic E-state index is 0.00112. The number of aliphatic carboxylic acids is 1. The number of carboxylic acid groups (broad SMARTS) is 1. The summed E-state index contributed by atoms with van der Waals surface area (Å²) >= 11 is 12.0. The molecule has 0 saturated heterocycles. The summed E-state index contributed by atoms with van der Waals surface area (Å²) in [5.74, 6) is -2.57. The van der Waals surface area contributed by atoms with Gasteiger partial charge in [-0.3, -0.25) is 15.0 Å². The number of carbonyl (C=O) groups is 3. The smallest absolute Gasteiger partial charge is 0.480 e. The Kier molecular flexibility index (Phi) is 13.3. The second kappa shape index (κ2) is 14.2. The zero-order valence-electron chi connectivity index (χ0n) is 16.7. The molecule has 0 unspecified atom stereocenters. The molecule has 168 valence electrons. The highest BCUT2D eigenvalue weighted by Gasteiger charge is 2.33. The molecule has 0 bridgehead atoms. The molecule has 1 aromatic carbocycles. The maximum Gasteiger partial charge on any atom is 0.631 e. The molecule has 30 heavy (non-hydrogen) atoms. The highest BCUT2D eigenvalue weighted by molar-refractivity contribution is 6.35. The van der Waals surface area contributed by atoms with Crippen LogP contribution in [0.15, 0.2) is 18.2 Å². The van der Waals surface area contributed by atoms with Gasteiger partial charge in [0.25, 0.3) is 5.91 Å². The fraction of sp³-hybridized carbons (Fsp3) is 0.471. The minimum Gasteiger partial charge on any atom is -0.480 e. The fourth-order valence-electron chi connectivity index (χ4n) is 2.21. The number of nitrogens with zero attached hydrogens (tertiary/aromatic N) is 1. The Morgan fingerprint density at radius 2 is 1.77 bits per heavy atom. The van der Waals surface area contributed by atoms with Gasteiger partial charge in [0.15, 0.2) is 6.04 Å². The number of benzene rings is 1. The first-order valence-corrected chi connectivity index (χ1v) is 9.50. The van der Waals surface area contributed by atoms with Gasteiger partial charge in [-0.25, -0.2) is 9.80 Å². The van der Waals surface area contributed by atoms with Crippen LogP contribution in [0.1, 0.15) is 37.0 Å². The van der Waals surface area contributed by atoms with E-state index < -0.39 is 31.1 Å². The molecule has 0 aliphatic rings. The molecule has 0 aromatic heterocycles. The van der Waals surface area contributed by atoms with Crippen molar-refractivity contribution in [2.24, 2.45) is 5.92 Å². The van der Waals surface area contributed by atoms with E-state index in [1.54, 1.807) is 0 Å². The Labute approximate surface area is 184 Å². The van der Waals surface area contributed by atoms with Crippen molar-refractivity contribution >= 4 is 48.3 Å². The Hall–Kier alpha value is -1.89. The molecule has 0 saturated carbocycles. The number of rotatable bonds is 8. The van der Waals surface area contributed by atoms with E-state index in [2.05, 4.69) is 5.43 Å². The van der Waals surface area contributed by atoms with Crippen LogP contribution in [-0.2, 0) is 14.3 Å². The van der Waals surface area contributed by atoms with Crippen LogP contribution < -0.4 is 5.43 Å². The lowest BCUT2D eigenvalue weighted by atomic mass is 10.0. The number of ether oxygens (including phenoxy) is 1. The van der Waals surface area contributed by atoms with Crippen molar-refractivity contribution < 1.29 is 39.3 Å². The molecule has 1 atom stereocenters. The third kappa shape index (κ3) is 10.8.